The van der Waals surface area contributed by atoms with Crippen molar-refractivity contribution in [2.45, 2.75) is 19.8 Å². The van der Waals surface area contributed by atoms with Crippen molar-refractivity contribution in [3.63, 3.8) is 0 Å². The first kappa shape index (κ1) is 3.67. The van der Waals surface area contributed by atoms with Crippen LogP contribution in [-0.4, -0.2) is 11.7 Å². The normalized spacial score (nSPS) is 17.4. The Labute approximate surface area is 47.5 Å². The van der Waals surface area contributed by atoms with Crippen LogP contribution in [0.4, 0.5) is 0 Å². The van der Waals surface area contributed by atoms with E-state index in [1.807, 2.05) is 6.92 Å². The predicted octanol–water partition coefficient (Wildman–Crippen LogP) is 1.33. The van der Waals surface area contributed by atoms with Crippen LogP contribution in [0.1, 0.15) is 22.5 Å². The second kappa shape index (κ2) is 5.70. The summed E-state index contributed by atoms with van der Waals surface area (Å²) >= 11 is 0. The van der Waals surface area contributed by atoms with Crippen LogP contribution < -0.4 is 0 Å². The van der Waals surface area contributed by atoms with Crippen molar-refractivity contribution in [1.82, 2.24) is 0 Å². The Hall–Kier alpha value is -0.300. The van der Waals surface area contributed by atoms with Crippen molar-refractivity contribution < 1.29 is 7.85 Å². The number of allylic oxidation sites excluding steroid dienone is 1. The second-order valence-corrected chi connectivity index (χ2v) is 1.18. The van der Waals surface area contributed by atoms with Gasteiger partial charge in [0.25, 0.3) is 0 Å². The van der Waals surface area contributed by atoms with E-state index in [-0.39, 0.29) is 12.7 Å². The summed E-state index contributed by atoms with van der Waals surface area (Å²) in [4.78, 5) is 0. The molecule has 0 fully saturated rings. The van der Waals surface area contributed by atoms with E-state index in [9.17, 15) is 0 Å². The highest BCUT2D eigenvalue weighted by atomic mass is 16.2. The smallest absolute Gasteiger partial charge is 0.0573 e. The molecule has 0 aromatic rings. The van der Waals surface area contributed by atoms with Crippen LogP contribution >= 0.6 is 0 Å². The van der Waals surface area contributed by atoms with Gasteiger partial charge in [0.05, 0.1) is 2.74 Å². The Balaban J connectivity index is 3.78. The van der Waals surface area contributed by atoms with Crippen molar-refractivity contribution in [2.24, 2.45) is 0 Å². The summed E-state index contributed by atoms with van der Waals surface area (Å²) in [6, 6.07) is 0.573. The van der Waals surface area contributed by atoms with Crippen LogP contribution in [0, 0.1) is 0 Å². The quantitative estimate of drug-likeness (QED) is 0.533. The molecule has 0 unspecified atom stereocenters. The molecule has 0 saturated heterocycles. The van der Waals surface area contributed by atoms with Gasteiger partial charge in [0.2, 0.25) is 0 Å². The molecule has 0 aliphatic carbocycles. The molecule has 1 nitrogen and oxygen atoms in total. The zero-order valence-electron chi connectivity index (χ0n) is 6.57. The average molecular weight is 102 g/mol. The maximum absolute atomic E-state index is 8.34. The lowest BCUT2D eigenvalue weighted by molar-refractivity contribution is 0.302. The van der Waals surface area contributed by atoms with E-state index >= 15 is 0 Å². The predicted molar refractivity (Wildman–Crippen MR) is 31.1 cm³/mol. The molecular formula is C6H12O. The fourth-order valence-electron chi connectivity index (χ4n) is 0.269. The van der Waals surface area contributed by atoms with Gasteiger partial charge in [0, 0.05) is 6.61 Å². The molecule has 0 spiro atoms. The summed E-state index contributed by atoms with van der Waals surface area (Å²) in [5.74, 6) is 0. The maximum atomic E-state index is 8.34. The van der Waals surface area contributed by atoms with Crippen molar-refractivity contribution >= 4 is 0 Å². The zero-order valence-corrected chi connectivity index (χ0v) is 4.57. The van der Waals surface area contributed by atoms with Crippen molar-refractivity contribution in [3.05, 3.63) is 12.1 Å². The number of hydrogen-bond acceptors (Lipinski definition) is 1. The minimum absolute atomic E-state index is 0.0266. The van der Waals surface area contributed by atoms with E-state index in [4.69, 9.17) is 7.85 Å². The molecule has 0 saturated carbocycles. The van der Waals surface area contributed by atoms with Crippen LogP contribution in [0.2, 0.25) is 0 Å². The van der Waals surface area contributed by atoms with Gasteiger partial charge in [0.1, 0.15) is 0 Å². The van der Waals surface area contributed by atoms with Gasteiger partial charge in [-0.25, -0.2) is 0 Å². The Kier molecular flexibility index (Phi) is 2.99. The molecule has 0 radical (unpaired) electrons. The maximum Gasteiger partial charge on any atom is 0.0573 e. The molecule has 1 heteroatoms. The summed E-state index contributed by atoms with van der Waals surface area (Å²) in [7, 11) is 0. The molecule has 0 aromatic heterocycles. The first-order valence-electron chi connectivity index (χ1n) is 3.48. The standard InChI is InChI=1S/C6H12O/c1-2-3-4-5-6-7/h3-4,7H,2,5-6H2,1H3/b4-3-/i3D,4D. The van der Waals surface area contributed by atoms with Gasteiger partial charge in [-0.1, -0.05) is 19.0 Å². The van der Waals surface area contributed by atoms with Gasteiger partial charge in [-0.2, -0.15) is 0 Å². The summed E-state index contributed by atoms with van der Waals surface area (Å²) in [5.41, 5.74) is 0. The van der Waals surface area contributed by atoms with Gasteiger partial charge in [-0.3, -0.25) is 0 Å². The number of aliphatic hydroxyl groups is 1. The number of hydrogen-bond donors (Lipinski definition) is 1. The third-order valence-corrected chi connectivity index (χ3v) is 0.539. The SMILES string of the molecule is [2H]/C(CC)=C(\[2H])CCO. The van der Waals surface area contributed by atoms with Crippen molar-refractivity contribution in [2.75, 3.05) is 6.61 Å². The molecule has 0 amide bonds. The molecule has 0 aromatic carbocycles. The topological polar surface area (TPSA) is 20.2 Å². The van der Waals surface area contributed by atoms with Crippen LogP contribution in [-0.2, 0) is 0 Å². The molecule has 0 aliphatic heterocycles. The Bertz CT molecular complexity index is 110. The monoisotopic (exact) mass is 102 g/mol. The van der Waals surface area contributed by atoms with Gasteiger partial charge in [0.15, 0.2) is 0 Å². The third-order valence-electron chi connectivity index (χ3n) is 0.539. The van der Waals surface area contributed by atoms with E-state index in [0.29, 0.717) is 18.9 Å². The second-order valence-electron chi connectivity index (χ2n) is 1.18. The molecule has 7 heavy (non-hydrogen) atoms. The van der Waals surface area contributed by atoms with E-state index in [1.165, 1.54) is 0 Å². The highest BCUT2D eigenvalue weighted by molar-refractivity contribution is 4.79. The highest BCUT2D eigenvalue weighted by Crippen LogP contribution is 1.82. The summed E-state index contributed by atoms with van der Waals surface area (Å²) in [6.07, 6.45) is 0.894. The molecule has 0 aliphatic rings. The number of aliphatic hydroxyl groups excluding tert-OH is 1. The van der Waals surface area contributed by atoms with Crippen LogP contribution in [0.25, 0.3) is 0 Å². The van der Waals surface area contributed by atoms with Crippen LogP contribution in [0.15, 0.2) is 12.1 Å². The minimum Gasteiger partial charge on any atom is -0.396 e. The van der Waals surface area contributed by atoms with E-state index in [2.05, 4.69) is 0 Å². The molecule has 0 heterocycles. The summed E-state index contributed by atoms with van der Waals surface area (Å²) in [5, 5.41) is 8.34. The van der Waals surface area contributed by atoms with Crippen molar-refractivity contribution in [3.8, 4) is 0 Å². The van der Waals surface area contributed by atoms with Crippen LogP contribution in [0.3, 0.4) is 0 Å². The summed E-state index contributed by atoms with van der Waals surface area (Å²) < 4.78 is 14.2. The Morgan fingerprint density at radius 1 is 1.71 bits per heavy atom. The summed E-state index contributed by atoms with van der Waals surface area (Å²) in [6.45, 7) is 1.80. The molecule has 0 rings (SSSR count). The first-order valence-corrected chi connectivity index (χ1v) is 2.48. The van der Waals surface area contributed by atoms with E-state index in [1.54, 1.807) is 0 Å². The molecule has 0 atom stereocenters. The molecule has 42 valence electrons. The van der Waals surface area contributed by atoms with Gasteiger partial charge < -0.3 is 5.11 Å². The Morgan fingerprint density at radius 3 is 2.86 bits per heavy atom. The lowest BCUT2D eigenvalue weighted by Crippen LogP contribution is -1.73. The third kappa shape index (κ3) is 5.70. The highest BCUT2D eigenvalue weighted by Gasteiger charge is 1.68. The lowest BCUT2D eigenvalue weighted by Gasteiger charge is -1.79. The molecule has 0 bridgehead atoms. The minimum atomic E-state index is -0.0266. The van der Waals surface area contributed by atoms with Gasteiger partial charge in [-0.05, 0) is 12.8 Å². The zero-order chi connectivity index (χ0) is 7.28. The number of rotatable bonds is 3. The Morgan fingerprint density at radius 2 is 2.43 bits per heavy atom. The van der Waals surface area contributed by atoms with Gasteiger partial charge >= 0.3 is 0 Å². The van der Waals surface area contributed by atoms with Gasteiger partial charge in [-0.15, -0.1) is 0 Å². The first-order chi connectivity index (χ1) is 4.22. The molecular weight excluding hydrogens is 88.1 g/mol. The average Bonchev–Trinajstić information content (AvgIpc) is 1.87. The van der Waals surface area contributed by atoms with E-state index in [0.717, 1.165) is 0 Å². The lowest BCUT2D eigenvalue weighted by atomic mass is 10.3. The van der Waals surface area contributed by atoms with Crippen molar-refractivity contribution in [1.29, 1.82) is 0 Å². The fraction of sp³-hybridized carbons (Fsp3) is 0.667. The molecule has 1 N–H and O–H groups in total. The van der Waals surface area contributed by atoms with Crippen LogP contribution in [0.5, 0.6) is 0 Å². The fourth-order valence-corrected chi connectivity index (χ4v) is 0.269. The largest absolute Gasteiger partial charge is 0.396 e. The van der Waals surface area contributed by atoms with E-state index < -0.39 is 0 Å².